The van der Waals surface area contributed by atoms with Crippen LogP contribution >= 0.6 is 0 Å². The molecule has 10 N–H and O–H groups in total. The van der Waals surface area contributed by atoms with Crippen LogP contribution in [0.15, 0.2) is 59.6 Å². The van der Waals surface area contributed by atoms with Gasteiger partial charge in [0.2, 0.25) is 17.7 Å². The maximum Gasteiger partial charge on any atom is 0.326 e. The van der Waals surface area contributed by atoms with Gasteiger partial charge in [-0.1, -0.05) is 64.4 Å². The van der Waals surface area contributed by atoms with Gasteiger partial charge in [-0.25, -0.2) is 4.79 Å². The van der Waals surface area contributed by atoms with Crippen molar-refractivity contribution in [3.63, 3.8) is 0 Å². The largest absolute Gasteiger partial charge is 0.490 e. The van der Waals surface area contributed by atoms with Crippen molar-refractivity contribution in [1.82, 2.24) is 26.6 Å². The molecule has 0 aliphatic carbocycles. The fourth-order valence-electron chi connectivity index (χ4n) is 6.05. The van der Waals surface area contributed by atoms with Crippen LogP contribution in [0.1, 0.15) is 82.1 Å². The number of carboxylic acids is 1. The Labute approximate surface area is 317 Å². The molecule has 15 nitrogen and oxygen atoms in total. The fraction of sp³-hybridized carbons (Fsp3) is 0.538. The van der Waals surface area contributed by atoms with Gasteiger partial charge in [0.25, 0.3) is 5.91 Å². The number of guanidine groups is 1. The van der Waals surface area contributed by atoms with Crippen LogP contribution < -0.4 is 42.8 Å². The molecule has 1 aliphatic rings. The van der Waals surface area contributed by atoms with Crippen molar-refractivity contribution >= 4 is 35.6 Å². The number of piperidine rings is 1. The number of carboxylic acid groups (broad SMARTS) is 1. The first-order valence-electron chi connectivity index (χ1n) is 18.8. The number of aliphatic carboxylic acids is 1. The van der Waals surface area contributed by atoms with Crippen molar-refractivity contribution in [3.05, 3.63) is 65.7 Å². The molecule has 0 radical (unpaired) electrons. The van der Waals surface area contributed by atoms with Crippen LogP contribution in [0, 0.1) is 11.8 Å². The number of ether oxygens (including phenoxy) is 1. The Morgan fingerprint density at radius 1 is 0.852 bits per heavy atom. The molecular formula is C39H58N8O7. The van der Waals surface area contributed by atoms with Gasteiger partial charge < -0.3 is 47.9 Å². The molecule has 1 saturated heterocycles. The molecule has 0 unspecified atom stereocenters. The predicted molar refractivity (Wildman–Crippen MR) is 207 cm³/mol. The van der Waals surface area contributed by atoms with Crippen molar-refractivity contribution < 1.29 is 33.8 Å². The lowest BCUT2D eigenvalue weighted by Crippen LogP contribution is -2.59. The maximum absolute atomic E-state index is 13.9. The zero-order valence-corrected chi connectivity index (χ0v) is 31.8. The lowest BCUT2D eigenvalue weighted by Gasteiger charge is -2.29. The van der Waals surface area contributed by atoms with E-state index in [1.165, 1.54) is 0 Å². The molecule has 1 heterocycles. The third-order valence-electron chi connectivity index (χ3n) is 9.30. The van der Waals surface area contributed by atoms with E-state index in [2.05, 4.69) is 31.6 Å². The molecule has 0 aromatic heterocycles. The van der Waals surface area contributed by atoms with Gasteiger partial charge in [0.1, 0.15) is 36.0 Å². The molecule has 0 bridgehead atoms. The monoisotopic (exact) mass is 750 g/mol. The standard InChI is InChI=1S/C39H58N8O7/c1-5-25(4)33(37(51)46-32(38(52)53)23-26-10-7-6-8-11-26)47-36(50)31(22-24(2)3)45-35(49)30(12-9-19-43-39(40)41)44-34(48)27-13-15-28(16-14-27)54-29-17-20-42-21-18-29/h6-8,10-11,13-16,24-25,29-33,42H,5,9,12,17-23H2,1-4H3,(H,44,48)(H,45,49)(H,46,51)(H,47,50)(H,52,53)(H4,40,41,43)/t25-,30-,31-,32-,33-/m0/s1. The second kappa shape index (κ2) is 22.1. The highest BCUT2D eigenvalue weighted by atomic mass is 16.5. The number of carbonyl (C=O) groups excluding carboxylic acids is 4. The van der Waals surface area contributed by atoms with Crippen LogP contribution in [-0.2, 0) is 25.6 Å². The zero-order valence-electron chi connectivity index (χ0n) is 31.8. The Morgan fingerprint density at radius 3 is 2.07 bits per heavy atom. The van der Waals surface area contributed by atoms with Gasteiger partial charge in [0, 0.05) is 18.5 Å². The van der Waals surface area contributed by atoms with E-state index in [0.29, 0.717) is 24.2 Å². The smallest absolute Gasteiger partial charge is 0.326 e. The highest BCUT2D eigenvalue weighted by Crippen LogP contribution is 2.18. The van der Waals surface area contributed by atoms with E-state index in [-0.39, 0.29) is 49.7 Å². The zero-order chi connectivity index (χ0) is 39.6. The van der Waals surface area contributed by atoms with Crippen LogP contribution in [0.25, 0.3) is 0 Å². The van der Waals surface area contributed by atoms with Gasteiger partial charge in [0.05, 0.1) is 0 Å². The van der Waals surface area contributed by atoms with Gasteiger partial charge in [0.15, 0.2) is 5.96 Å². The van der Waals surface area contributed by atoms with Crippen LogP contribution in [0.2, 0.25) is 0 Å². The summed E-state index contributed by atoms with van der Waals surface area (Å²) in [5.41, 5.74) is 12.0. The van der Waals surface area contributed by atoms with Gasteiger partial charge in [-0.3, -0.25) is 24.2 Å². The number of nitrogens with zero attached hydrogens (tertiary/aromatic N) is 1. The number of hydrogen-bond donors (Lipinski definition) is 8. The summed E-state index contributed by atoms with van der Waals surface area (Å²) in [5.74, 6) is -3.42. The van der Waals surface area contributed by atoms with E-state index in [4.69, 9.17) is 16.2 Å². The summed E-state index contributed by atoms with van der Waals surface area (Å²) in [6.45, 7) is 9.39. The average Bonchev–Trinajstić information content (AvgIpc) is 3.14. The minimum absolute atomic E-state index is 0.0419. The van der Waals surface area contributed by atoms with E-state index in [1.807, 2.05) is 26.8 Å². The number of hydrogen-bond acceptors (Lipinski definition) is 8. The van der Waals surface area contributed by atoms with Crippen LogP contribution in [0.5, 0.6) is 5.75 Å². The van der Waals surface area contributed by atoms with Crippen molar-refractivity contribution in [2.75, 3.05) is 19.6 Å². The van der Waals surface area contributed by atoms with Gasteiger partial charge in [-0.05, 0) is 86.9 Å². The molecule has 1 fully saturated rings. The summed E-state index contributed by atoms with van der Waals surface area (Å²) in [4.78, 5) is 70.8. The SMILES string of the molecule is CC[C@H](C)[C@H](NC(=O)[C@H](CC(C)C)NC(=O)[C@H](CCCN=C(N)N)NC(=O)c1ccc(OC2CCNCC2)cc1)C(=O)N[C@@H](Cc1ccccc1)C(=O)O. The first-order valence-corrected chi connectivity index (χ1v) is 18.8. The van der Waals surface area contributed by atoms with Crippen molar-refractivity contribution in [2.24, 2.45) is 28.3 Å². The Hall–Kier alpha value is -5.18. The van der Waals surface area contributed by atoms with Gasteiger partial charge >= 0.3 is 5.97 Å². The summed E-state index contributed by atoms with van der Waals surface area (Å²) in [7, 11) is 0. The number of rotatable bonds is 21. The molecule has 2 aromatic carbocycles. The Kier molecular flexibility index (Phi) is 17.7. The fourth-order valence-corrected chi connectivity index (χ4v) is 6.05. The summed E-state index contributed by atoms with van der Waals surface area (Å²) in [5, 5.41) is 24.2. The van der Waals surface area contributed by atoms with E-state index < -0.39 is 53.8 Å². The second-order valence-electron chi connectivity index (χ2n) is 14.2. The Morgan fingerprint density at radius 2 is 1.48 bits per heavy atom. The average molecular weight is 751 g/mol. The Bertz CT molecular complexity index is 1540. The molecule has 54 heavy (non-hydrogen) atoms. The predicted octanol–water partition coefficient (Wildman–Crippen LogP) is 1.84. The number of amides is 4. The third-order valence-corrected chi connectivity index (χ3v) is 9.30. The number of aliphatic imine (C=N–C) groups is 1. The van der Waals surface area contributed by atoms with Crippen molar-refractivity contribution in [1.29, 1.82) is 0 Å². The van der Waals surface area contributed by atoms with Crippen LogP contribution in [0.4, 0.5) is 0 Å². The van der Waals surface area contributed by atoms with Crippen LogP contribution in [-0.4, -0.2) is 90.6 Å². The molecule has 0 saturated carbocycles. The molecule has 5 atom stereocenters. The molecule has 1 aliphatic heterocycles. The van der Waals surface area contributed by atoms with Crippen LogP contribution in [0.3, 0.4) is 0 Å². The first kappa shape index (κ1) is 43.2. The molecule has 2 aromatic rings. The quantitative estimate of drug-likeness (QED) is 0.0523. The molecule has 296 valence electrons. The number of benzene rings is 2. The van der Waals surface area contributed by atoms with Gasteiger partial charge in [-0.2, -0.15) is 0 Å². The Balaban J connectivity index is 1.75. The number of nitrogens with one attached hydrogen (secondary N) is 5. The molecule has 3 rings (SSSR count). The van der Waals surface area contributed by atoms with E-state index in [1.54, 1.807) is 55.5 Å². The lowest BCUT2D eigenvalue weighted by molar-refractivity contribution is -0.142. The topological polar surface area (TPSA) is 239 Å². The normalized spacial score (nSPS) is 15.8. The second-order valence-corrected chi connectivity index (χ2v) is 14.2. The van der Waals surface area contributed by atoms with Gasteiger partial charge in [-0.15, -0.1) is 0 Å². The lowest BCUT2D eigenvalue weighted by atomic mass is 9.96. The highest BCUT2D eigenvalue weighted by Gasteiger charge is 2.34. The maximum atomic E-state index is 13.9. The number of carbonyl (C=O) groups is 5. The third kappa shape index (κ3) is 14.7. The molecule has 4 amide bonds. The minimum atomic E-state index is -1.23. The first-order chi connectivity index (χ1) is 25.8. The number of nitrogens with two attached hydrogens (primary N) is 2. The summed E-state index contributed by atoms with van der Waals surface area (Å²) >= 11 is 0. The van der Waals surface area contributed by atoms with E-state index in [0.717, 1.165) is 31.5 Å². The highest BCUT2D eigenvalue weighted by molar-refractivity contribution is 5.99. The van der Waals surface area contributed by atoms with Crippen molar-refractivity contribution in [3.8, 4) is 5.75 Å². The minimum Gasteiger partial charge on any atom is -0.490 e. The van der Waals surface area contributed by atoms with Crippen molar-refractivity contribution in [2.45, 2.75) is 103 Å². The molecule has 15 heteroatoms. The van der Waals surface area contributed by atoms with E-state index in [9.17, 15) is 29.1 Å². The summed E-state index contributed by atoms with van der Waals surface area (Å²) in [6.07, 6.45) is 3.18. The summed E-state index contributed by atoms with van der Waals surface area (Å²) in [6, 6.07) is 11.2. The molecular weight excluding hydrogens is 692 g/mol. The van der Waals surface area contributed by atoms with E-state index >= 15 is 0 Å². The molecule has 0 spiro atoms. The summed E-state index contributed by atoms with van der Waals surface area (Å²) < 4.78 is 6.05.